The number of benzene rings is 1. The van der Waals surface area contributed by atoms with Crippen molar-refractivity contribution in [1.29, 1.82) is 0 Å². The molecule has 0 radical (unpaired) electrons. The molecule has 3 heterocycles. The fraction of sp³-hybridized carbons (Fsp3) is 0.654. The van der Waals surface area contributed by atoms with Gasteiger partial charge < -0.3 is 25.4 Å². The highest BCUT2D eigenvalue weighted by atomic mass is 79.9. The molecule has 3 saturated heterocycles. The van der Waals surface area contributed by atoms with Gasteiger partial charge in [-0.15, -0.1) is 0 Å². The third-order valence-electron chi connectivity index (χ3n) is 7.48. The van der Waals surface area contributed by atoms with E-state index < -0.39 is 35.6 Å². The van der Waals surface area contributed by atoms with Gasteiger partial charge in [0.25, 0.3) is 0 Å². The van der Waals surface area contributed by atoms with Gasteiger partial charge in [0.15, 0.2) is 0 Å². The Morgan fingerprint density at radius 1 is 1.23 bits per heavy atom. The van der Waals surface area contributed by atoms with Crippen LogP contribution in [0.4, 0.5) is 0 Å². The van der Waals surface area contributed by atoms with Gasteiger partial charge in [-0.2, -0.15) is 0 Å². The van der Waals surface area contributed by atoms with Crippen LogP contribution in [-0.2, 0) is 25.7 Å². The summed E-state index contributed by atoms with van der Waals surface area (Å²) in [4.78, 5) is 42.4. The summed E-state index contributed by atoms with van der Waals surface area (Å²) in [6, 6.07) is 8.11. The average Bonchev–Trinajstić information content (AvgIpc) is 3.43. The van der Waals surface area contributed by atoms with Crippen molar-refractivity contribution in [3.8, 4) is 0 Å². The second-order valence-corrected chi connectivity index (χ2v) is 11.5. The van der Waals surface area contributed by atoms with E-state index in [9.17, 15) is 19.5 Å². The number of carbonyl (C=O) groups is 3. The van der Waals surface area contributed by atoms with E-state index in [1.165, 1.54) is 4.90 Å². The van der Waals surface area contributed by atoms with Gasteiger partial charge >= 0.3 is 0 Å². The molecule has 192 valence electrons. The zero-order chi connectivity index (χ0) is 25.3. The van der Waals surface area contributed by atoms with E-state index in [1.807, 2.05) is 51.1 Å². The number of rotatable bonds is 10. The Labute approximate surface area is 215 Å². The van der Waals surface area contributed by atoms with E-state index in [0.717, 1.165) is 12.0 Å². The first-order valence-electron chi connectivity index (χ1n) is 12.6. The minimum Gasteiger partial charge on any atom is -0.394 e. The maximum Gasteiger partial charge on any atom is 0.246 e. The van der Waals surface area contributed by atoms with Crippen LogP contribution >= 0.6 is 15.9 Å². The maximum atomic E-state index is 14.0. The predicted octanol–water partition coefficient (Wildman–Crippen LogP) is 1.98. The Morgan fingerprint density at radius 3 is 2.57 bits per heavy atom. The predicted molar refractivity (Wildman–Crippen MR) is 134 cm³/mol. The highest BCUT2D eigenvalue weighted by molar-refractivity contribution is 9.09. The molecule has 8 nitrogen and oxygen atoms in total. The van der Waals surface area contributed by atoms with Crippen LogP contribution in [0.5, 0.6) is 0 Å². The summed E-state index contributed by atoms with van der Waals surface area (Å²) in [5, 5.41) is 16.2. The van der Waals surface area contributed by atoms with Crippen LogP contribution in [0.3, 0.4) is 0 Å². The van der Waals surface area contributed by atoms with Crippen molar-refractivity contribution in [2.24, 2.45) is 17.8 Å². The van der Waals surface area contributed by atoms with Crippen LogP contribution in [0.2, 0.25) is 0 Å². The van der Waals surface area contributed by atoms with E-state index in [4.69, 9.17) is 4.74 Å². The van der Waals surface area contributed by atoms with Gasteiger partial charge in [-0.1, -0.05) is 67.0 Å². The van der Waals surface area contributed by atoms with Crippen LogP contribution < -0.4 is 10.6 Å². The SMILES string of the molecule is CCCNC(=O)[C@H]1[C@@H]2OC3(CC2Br)C(C(=O)NCc2ccccc2)N([C@@H](CO)CC(C)C)C(=O)[C@H]13. The summed E-state index contributed by atoms with van der Waals surface area (Å²) in [5.41, 5.74) is -0.173. The second kappa shape index (κ2) is 10.6. The molecule has 3 amide bonds. The number of hydrogen-bond acceptors (Lipinski definition) is 5. The van der Waals surface area contributed by atoms with Gasteiger partial charge in [0.05, 0.1) is 30.6 Å². The summed E-state index contributed by atoms with van der Waals surface area (Å²) in [6.45, 7) is 6.58. The number of amides is 3. The molecule has 0 saturated carbocycles. The molecule has 0 aliphatic carbocycles. The number of aliphatic hydroxyl groups excluding tert-OH is 1. The Kier molecular flexibility index (Phi) is 7.88. The minimum atomic E-state index is -1.12. The number of likely N-dealkylation sites (tertiary alicyclic amines) is 1. The van der Waals surface area contributed by atoms with Crippen LogP contribution in [-0.4, -0.2) is 69.5 Å². The molecule has 2 bridgehead atoms. The van der Waals surface area contributed by atoms with Crippen molar-refractivity contribution in [3.63, 3.8) is 0 Å². The molecule has 1 aromatic rings. The molecule has 3 N–H and O–H groups in total. The van der Waals surface area contributed by atoms with Crippen molar-refractivity contribution in [1.82, 2.24) is 15.5 Å². The van der Waals surface area contributed by atoms with Gasteiger partial charge in [-0.3, -0.25) is 14.4 Å². The normalized spacial score (nSPS) is 32.1. The number of nitrogens with zero attached hydrogens (tertiary/aromatic N) is 1. The number of ether oxygens (including phenoxy) is 1. The van der Waals surface area contributed by atoms with Crippen molar-refractivity contribution < 1.29 is 24.2 Å². The number of nitrogens with one attached hydrogen (secondary N) is 2. The molecule has 35 heavy (non-hydrogen) atoms. The van der Waals surface area contributed by atoms with E-state index in [-0.39, 0.29) is 35.1 Å². The summed E-state index contributed by atoms with van der Waals surface area (Å²) in [6.07, 6.45) is 1.29. The zero-order valence-corrected chi connectivity index (χ0v) is 22.2. The molecule has 3 fully saturated rings. The molecular formula is C26H36BrN3O5. The van der Waals surface area contributed by atoms with Gasteiger partial charge in [0.2, 0.25) is 17.7 Å². The number of hydrogen-bond donors (Lipinski definition) is 3. The molecule has 1 spiro atoms. The Bertz CT molecular complexity index is 944. The maximum absolute atomic E-state index is 14.0. The van der Waals surface area contributed by atoms with Crippen molar-refractivity contribution in [2.75, 3.05) is 13.2 Å². The van der Waals surface area contributed by atoms with Crippen molar-refractivity contribution in [3.05, 3.63) is 35.9 Å². The van der Waals surface area contributed by atoms with Crippen molar-refractivity contribution >= 4 is 33.7 Å². The number of alkyl halides is 1. The average molecular weight is 550 g/mol. The molecule has 4 rings (SSSR count). The molecule has 7 atom stereocenters. The number of halogens is 1. The molecule has 3 unspecified atom stereocenters. The molecular weight excluding hydrogens is 514 g/mol. The van der Waals surface area contributed by atoms with Crippen LogP contribution in [0.1, 0.15) is 45.6 Å². The number of carbonyl (C=O) groups excluding carboxylic acids is 3. The zero-order valence-electron chi connectivity index (χ0n) is 20.6. The summed E-state index contributed by atoms with van der Waals surface area (Å²) in [5.74, 6) is -2.04. The largest absolute Gasteiger partial charge is 0.394 e. The molecule has 9 heteroatoms. The van der Waals surface area contributed by atoms with E-state index in [0.29, 0.717) is 25.9 Å². The molecule has 3 aliphatic heterocycles. The Morgan fingerprint density at radius 2 is 1.94 bits per heavy atom. The van der Waals surface area contributed by atoms with E-state index >= 15 is 0 Å². The first-order chi connectivity index (χ1) is 16.7. The fourth-order valence-electron chi connectivity index (χ4n) is 6.13. The standard InChI is InChI=1S/C26H36BrN3O5/c1-4-10-28-23(32)19-20-25(34)30(17(14-31)11-15(2)3)22(26(20)12-18(27)21(19)35-26)24(33)29-13-16-8-6-5-7-9-16/h5-9,15,17-22,31H,4,10-14H2,1-3H3,(H,28,32)(H,29,33)/t17-,18?,19-,20+,21-,22?,26?/m1/s1. The fourth-order valence-corrected chi connectivity index (χ4v) is 7.07. The van der Waals surface area contributed by atoms with Gasteiger partial charge in [-0.05, 0) is 30.7 Å². The van der Waals surface area contributed by atoms with Crippen LogP contribution in [0.25, 0.3) is 0 Å². The summed E-state index contributed by atoms with van der Waals surface area (Å²) >= 11 is 3.67. The van der Waals surface area contributed by atoms with Crippen LogP contribution in [0.15, 0.2) is 30.3 Å². The molecule has 1 aromatic carbocycles. The third kappa shape index (κ3) is 4.62. The smallest absolute Gasteiger partial charge is 0.246 e. The Balaban J connectivity index is 1.70. The lowest BCUT2D eigenvalue weighted by molar-refractivity contribution is -0.146. The van der Waals surface area contributed by atoms with E-state index in [2.05, 4.69) is 26.6 Å². The number of aliphatic hydroxyl groups is 1. The summed E-state index contributed by atoms with van der Waals surface area (Å²) < 4.78 is 6.48. The Hall–Kier alpha value is -1.97. The first kappa shape index (κ1) is 26.1. The molecule has 3 aliphatic rings. The lowest BCUT2D eigenvalue weighted by Gasteiger charge is -2.37. The van der Waals surface area contributed by atoms with E-state index in [1.54, 1.807) is 0 Å². The van der Waals surface area contributed by atoms with Gasteiger partial charge in [0, 0.05) is 17.9 Å². The topological polar surface area (TPSA) is 108 Å². The van der Waals surface area contributed by atoms with Gasteiger partial charge in [-0.25, -0.2) is 0 Å². The minimum absolute atomic E-state index is 0.147. The lowest BCUT2D eigenvalue weighted by Crippen LogP contribution is -2.58. The monoisotopic (exact) mass is 549 g/mol. The van der Waals surface area contributed by atoms with Crippen molar-refractivity contribution in [2.45, 2.75) is 75.2 Å². The molecule has 0 aromatic heterocycles. The quantitative estimate of drug-likeness (QED) is 0.387. The highest BCUT2D eigenvalue weighted by Crippen LogP contribution is 2.60. The summed E-state index contributed by atoms with van der Waals surface area (Å²) in [7, 11) is 0. The van der Waals surface area contributed by atoms with Gasteiger partial charge in [0.1, 0.15) is 11.6 Å². The lowest BCUT2D eigenvalue weighted by atomic mass is 9.70. The highest BCUT2D eigenvalue weighted by Gasteiger charge is 2.76. The second-order valence-electron chi connectivity index (χ2n) is 10.4. The number of fused-ring (bicyclic) bond motifs is 1. The third-order valence-corrected chi connectivity index (χ3v) is 8.33. The van der Waals surface area contributed by atoms with Crippen LogP contribution in [0, 0.1) is 17.8 Å². The first-order valence-corrected chi connectivity index (χ1v) is 13.5.